The highest BCUT2D eigenvalue weighted by atomic mass is 35.5. The minimum absolute atomic E-state index is 0.0815. The molecule has 0 spiro atoms. The Morgan fingerprint density at radius 3 is 2.68 bits per heavy atom. The van der Waals surface area contributed by atoms with Gasteiger partial charge in [0, 0.05) is 13.0 Å². The van der Waals surface area contributed by atoms with Crippen LogP contribution in [0.4, 0.5) is 0 Å². The van der Waals surface area contributed by atoms with Crippen LogP contribution >= 0.6 is 23.2 Å². The molecule has 1 aromatic carbocycles. The van der Waals surface area contributed by atoms with Gasteiger partial charge in [-0.3, -0.25) is 9.59 Å². The highest BCUT2D eigenvalue weighted by Gasteiger charge is 2.13. The lowest BCUT2D eigenvalue weighted by molar-refractivity contribution is -0.137. The standard InChI is InChI=1S/C13H15Cl2NO3/c1-8(5-6-11(17)18)7-16-13(19)9-3-2-4-10(14)12(9)15/h2-4,8H,5-7H2,1H3,(H,16,19)(H,17,18). The molecule has 0 aliphatic carbocycles. The van der Waals surface area contributed by atoms with E-state index in [2.05, 4.69) is 5.32 Å². The summed E-state index contributed by atoms with van der Waals surface area (Å²) in [5.74, 6) is -1.07. The van der Waals surface area contributed by atoms with Gasteiger partial charge in [-0.15, -0.1) is 0 Å². The predicted octanol–water partition coefficient (Wildman–Crippen LogP) is 3.22. The highest BCUT2D eigenvalue weighted by Crippen LogP contribution is 2.25. The predicted molar refractivity (Wildman–Crippen MR) is 74.8 cm³/mol. The minimum Gasteiger partial charge on any atom is -0.481 e. The highest BCUT2D eigenvalue weighted by molar-refractivity contribution is 6.43. The first-order chi connectivity index (χ1) is 8.91. The van der Waals surface area contributed by atoms with E-state index in [0.717, 1.165) is 0 Å². The van der Waals surface area contributed by atoms with E-state index in [-0.39, 0.29) is 23.3 Å². The van der Waals surface area contributed by atoms with E-state index in [4.69, 9.17) is 28.3 Å². The first kappa shape index (κ1) is 15.8. The number of benzene rings is 1. The number of carboxylic acids is 1. The van der Waals surface area contributed by atoms with Crippen molar-refractivity contribution in [3.05, 3.63) is 33.8 Å². The van der Waals surface area contributed by atoms with E-state index in [1.807, 2.05) is 6.92 Å². The molecule has 1 atom stereocenters. The lowest BCUT2D eigenvalue weighted by Crippen LogP contribution is -2.28. The van der Waals surface area contributed by atoms with Crippen molar-refractivity contribution in [3.63, 3.8) is 0 Å². The lowest BCUT2D eigenvalue weighted by Gasteiger charge is -2.12. The van der Waals surface area contributed by atoms with Gasteiger partial charge in [0.1, 0.15) is 0 Å². The van der Waals surface area contributed by atoms with Crippen LogP contribution in [0.2, 0.25) is 10.0 Å². The van der Waals surface area contributed by atoms with E-state index in [9.17, 15) is 9.59 Å². The smallest absolute Gasteiger partial charge is 0.303 e. The summed E-state index contributed by atoms with van der Waals surface area (Å²) in [7, 11) is 0. The van der Waals surface area contributed by atoms with Crippen LogP contribution in [0.3, 0.4) is 0 Å². The SMILES string of the molecule is CC(CCC(=O)O)CNC(=O)c1cccc(Cl)c1Cl. The number of carbonyl (C=O) groups is 2. The largest absolute Gasteiger partial charge is 0.481 e. The fourth-order valence-electron chi connectivity index (χ4n) is 1.51. The van der Waals surface area contributed by atoms with E-state index in [1.54, 1.807) is 18.2 Å². The van der Waals surface area contributed by atoms with Gasteiger partial charge >= 0.3 is 5.97 Å². The van der Waals surface area contributed by atoms with Crippen LogP contribution in [0, 0.1) is 5.92 Å². The zero-order valence-corrected chi connectivity index (χ0v) is 12.0. The molecule has 0 aliphatic rings. The number of hydrogen-bond donors (Lipinski definition) is 2. The van der Waals surface area contributed by atoms with Crippen LogP contribution in [0.5, 0.6) is 0 Å². The Balaban J connectivity index is 2.51. The Kier molecular flexibility index (Phi) is 6.12. The van der Waals surface area contributed by atoms with Crippen LogP contribution in [0.1, 0.15) is 30.1 Å². The molecular weight excluding hydrogens is 289 g/mol. The number of halogens is 2. The molecule has 0 saturated heterocycles. The maximum absolute atomic E-state index is 11.9. The number of amides is 1. The van der Waals surface area contributed by atoms with E-state index >= 15 is 0 Å². The molecule has 0 heterocycles. The minimum atomic E-state index is -0.837. The molecule has 6 heteroatoms. The second kappa shape index (κ2) is 7.36. The Hall–Kier alpha value is -1.26. The summed E-state index contributed by atoms with van der Waals surface area (Å²) in [4.78, 5) is 22.3. The molecule has 1 rings (SSSR count). The van der Waals surface area contributed by atoms with E-state index in [1.165, 1.54) is 0 Å². The molecule has 0 fully saturated rings. The molecule has 0 bridgehead atoms. The van der Waals surface area contributed by atoms with Gasteiger partial charge in [0.15, 0.2) is 0 Å². The van der Waals surface area contributed by atoms with Crippen molar-refractivity contribution in [2.24, 2.45) is 5.92 Å². The van der Waals surface area contributed by atoms with Gasteiger partial charge < -0.3 is 10.4 Å². The van der Waals surface area contributed by atoms with Gasteiger partial charge in [-0.1, -0.05) is 36.2 Å². The summed E-state index contributed by atoms with van der Waals surface area (Å²) in [6.45, 7) is 2.28. The summed E-state index contributed by atoms with van der Waals surface area (Å²) in [6, 6.07) is 4.85. The zero-order chi connectivity index (χ0) is 14.4. The normalized spacial score (nSPS) is 11.9. The molecule has 19 heavy (non-hydrogen) atoms. The van der Waals surface area contributed by atoms with Crippen molar-refractivity contribution in [1.29, 1.82) is 0 Å². The fraction of sp³-hybridized carbons (Fsp3) is 0.385. The maximum atomic E-state index is 11.9. The van der Waals surface area contributed by atoms with Crippen molar-refractivity contribution < 1.29 is 14.7 Å². The number of nitrogens with one attached hydrogen (secondary N) is 1. The molecule has 1 amide bonds. The second-order valence-electron chi connectivity index (χ2n) is 4.35. The number of rotatable bonds is 6. The van der Waals surface area contributed by atoms with Crippen molar-refractivity contribution in [3.8, 4) is 0 Å². The first-order valence-electron chi connectivity index (χ1n) is 5.85. The lowest BCUT2D eigenvalue weighted by atomic mass is 10.1. The maximum Gasteiger partial charge on any atom is 0.303 e. The third-order valence-corrected chi connectivity index (χ3v) is 3.48. The summed E-state index contributed by atoms with van der Waals surface area (Å²) >= 11 is 11.8. The molecule has 0 aromatic heterocycles. The van der Waals surface area contributed by atoms with Gasteiger partial charge in [0.05, 0.1) is 15.6 Å². The summed E-state index contributed by atoms with van der Waals surface area (Å²) in [5.41, 5.74) is 0.319. The van der Waals surface area contributed by atoms with Crippen LogP contribution in [0.15, 0.2) is 18.2 Å². The molecule has 104 valence electrons. The van der Waals surface area contributed by atoms with Crippen LogP contribution in [-0.2, 0) is 4.79 Å². The van der Waals surface area contributed by atoms with Crippen molar-refractivity contribution in [2.45, 2.75) is 19.8 Å². The first-order valence-corrected chi connectivity index (χ1v) is 6.61. The van der Waals surface area contributed by atoms with Crippen LogP contribution < -0.4 is 5.32 Å². The number of carbonyl (C=O) groups excluding carboxylic acids is 1. The molecule has 1 unspecified atom stereocenters. The molecular formula is C13H15Cl2NO3. The topological polar surface area (TPSA) is 66.4 Å². The molecule has 4 nitrogen and oxygen atoms in total. The monoisotopic (exact) mass is 303 g/mol. The molecule has 0 aliphatic heterocycles. The van der Waals surface area contributed by atoms with Gasteiger partial charge in [-0.05, 0) is 24.5 Å². The van der Waals surface area contributed by atoms with Crippen molar-refractivity contribution in [2.75, 3.05) is 6.54 Å². The fourth-order valence-corrected chi connectivity index (χ4v) is 1.90. The van der Waals surface area contributed by atoms with E-state index in [0.29, 0.717) is 23.6 Å². The van der Waals surface area contributed by atoms with Crippen LogP contribution in [-0.4, -0.2) is 23.5 Å². The van der Waals surface area contributed by atoms with E-state index < -0.39 is 5.97 Å². The Morgan fingerprint density at radius 1 is 1.37 bits per heavy atom. The second-order valence-corrected chi connectivity index (χ2v) is 5.13. The Bertz CT molecular complexity index is 477. The van der Waals surface area contributed by atoms with Crippen molar-refractivity contribution in [1.82, 2.24) is 5.32 Å². The molecule has 0 radical (unpaired) electrons. The third-order valence-electron chi connectivity index (χ3n) is 2.66. The third kappa shape index (κ3) is 5.09. The summed E-state index contributed by atoms with van der Waals surface area (Å²) in [6.07, 6.45) is 0.605. The molecule has 2 N–H and O–H groups in total. The van der Waals surface area contributed by atoms with Crippen molar-refractivity contribution >= 4 is 35.1 Å². The Morgan fingerprint density at radius 2 is 2.05 bits per heavy atom. The number of carboxylic acid groups (broad SMARTS) is 1. The van der Waals surface area contributed by atoms with Gasteiger partial charge in [0.2, 0.25) is 0 Å². The van der Waals surface area contributed by atoms with Crippen LogP contribution in [0.25, 0.3) is 0 Å². The average Bonchev–Trinajstić information content (AvgIpc) is 2.36. The van der Waals surface area contributed by atoms with Gasteiger partial charge in [-0.2, -0.15) is 0 Å². The number of aliphatic carboxylic acids is 1. The molecule has 1 aromatic rings. The van der Waals surface area contributed by atoms with Gasteiger partial charge in [0.25, 0.3) is 5.91 Å². The zero-order valence-electron chi connectivity index (χ0n) is 10.5. The summed E-state index contributed by atoms with van der Waals surface area (Å²) in [5, 5.41) is 11.8. The molecule has 0 saturated carbocycles. The quantitative estimate of drug-likeness (QED) is 0.848. The number of hydrogen-bond acceptors (Lipinski definition) is 2. The van der Waals surface area contributed by atoms with Gasteiger partial charge in [-0.25, -0.2) is 0 Å². The summed E-state index contributed by atoms with van der Waals surface area (Å²) < 4.78 is 0. The Labute approximate surface area is 121 Å². The average molecular weight is 304 g/mol.